The largest absolute Gasteiger partial charge is 0.387 e. The molecular formula is C14H21N3O. The highest BCUT2D eigenvalue weighted by Gasteiger charge is 2.14. The van der Waals surface area contributed by atoms with Crippen molar-refractivity contribution in [2.24, 2.45) is 4.99 Å². The van der Waals surface area contributed by atoms with Gasteiger partial charge >= 0.3 is 0 Å². The van der Waals surface area contributed by atoms with E-state index in [2.05, 4.69) is 41.6 Å². The molecule has 3 N–H and O–H groups in total. The van der Waals surface area contributed by atoms with Gasteiger partial charge in [0.2, 0.25) is 0 Å². The molecule has 1 aromatic carbocycles. The molecule has 4 heteroatoms. The molecule has 2 rings (SSSR count). The maximum atomic E-state index is 10.1. The van der Waals surface area contributed by atoms with E-state index in [1.54, 1.807) is 0 Å². The van der Waals surface area contributed by atoms with Crippen LogP contribution in [-0.2, 0) is 6.42 Å². The van der Waals surface area contributed by atoms with Crippen LogP contribution in [0.5, 0.6) is 0 Å². The molecule has 2 atom stereocenters. The molecule has 2 unspecified atom stereocenters. The summed E-state index contributed by atoms with van der Waals surface area (Å²) in [7, 11) is 0. The summed E-state index contributed by atoms with van der Waals surface area (Å²) < 4.78 is 0. The van der Waals surface area contributed by atoms with Gasteiger partial charge in [-0.25, -0.2) is 0 Å². The standard InChI is InChI=1S/C14H21N3O/c1-3-11-4-6-12(7-5-11)13(18)9-16-14-15-8-10(2)17-14/h4-7,10,13,18H,3,8-9H2,1-2H3,(H2,15,16,17). The van der Waals surface area contributed by atoms with Crippen LogP contribution in [0.4, 0.5) is 0 Å². The Kier molecular flexibility index (Phi) is 4.20. The van der Waals surface area contributed by atoms with Crippen LogP contribution in [-0.4, -0.2) is 30.2 Å². The number of hydrogen-bond acceptors (Lipinski definition) is 4. The Bertz CT molecular complexity index is 414. The summed E-state index contributed by atoms with van der Waals surface area (Å²) in [5, 5.41) is 16.4. The molecule has 0 fully saturated rings. The van der Waals surface area contributed by atoms with Crippen molar-refractivity contribution in [2.75, 3.05) is 13.1 Å². The Morgan fingerprint density at radius 1 is 1.44 bits per heavy atom. The number of rotatable bonds is 4. The van der Waals surface area contributed by atoms with Gasteiger partial charge < -0.3 is 15.7 Å². The predicted octanol–water partition coefficient (Wildman–Crippen LogP) is 1.22. The predicted molar refractivity (Wildman–Crippen MR) is 73.7 cm³/mol. The number of benzene rings is 1. The zero-order valence-corrected chi connectivity index (χ0v) is 11.0. The molecule has 98 valence electrons. The Balaban J connectivity index is 1.85. The molecule has 1 aliphatic rings. The van der Waals surface area contributed by atoms with E-state index in [0.717, 1.165) is 24.5 Å². The highest BCUT2D eigenvalue weighted by atomic mass is 16.3. The van der Waals surface area contributed by atoms with Crippen LogP contribution in [0.2, 0.25) is 0 Å². The number of aliphatic hydroxyl groups is 1. The monoisotopic (exact) mass is 247 g/mol. The number of aliphatic imine (C=N–C) groups is 1. The number of nitrogens with zero attached hydrogens (tertiary/aromatic N) is 1. The quantitative estimate of drug-likeness (QED) is 0.750. The normalized spacial score (nSPS) is 20.2. The van der Waals surface area contributed by atoms with Gasteiger partial charge in [-0.15, -0.1) is 0 Å². The summed E-state index contributed by atoms with van der Waals surface area (Å²) in [5.41, 5.74) is 2.22. The second-order valence-corrected chi connectivity index (χ2v) is 4.73. The van der Waals surface area contributed by atoms with Crippen molar-refractivity contribution < 1.29 is 5.11 Å². The van der Waals surface area contributed by atoms with Gasteiger partial charge in [0.25, 0.3) is 0 Å². The van der Waals surface area contributed by atoms with Crippen LogP contribution >= 0.6 is 0 Å². The lowest BCUT2D eigenvalue weighted by Gasteiger charge is -2.14. The summed E-state index contributed by atoms with van der Waals surface area (Å²) in [5.74, 6) is 0.784. The van der Waals surface area contributed by atoms with Crippen molar-refractivity contribution in [3.63, 3.8) is 0 Å². The highest BCUT2D eigenvalue weighted by molar-refractivity contribution is 5.81. The Morgan fingerprint density at radius 3 is 2.72 bits per heavy atom. The third-order valence-corrected chi connectivity index (χ3v) is 3.14. The second-order valence-electron chi connectivity index (χ2n) is 4.73. The van der Waals surface area contributed by atoms with E-state index in [9.17, 15) is 5.11 Å². The van der Waals surface area contributed by atoms with Crippen LogP contribution < -0.4 is 10.6 Å². The summed E-state index contributed by atoms with van der Waals surface area (Å²) in [6.45, 7) is 5.48. The molecule has 1 aromatic rings. The average Bonchev–Trinajstić information content (AvgIpc) is 2.82. The Hall–Kier alpha value is -1.55. The molecule has 0 amide bonds. The van der Waals surface area contributed by atoms with Gasteiger partial charge in [-0.2, -0.15) is 0 Å². The number of aliphatic hydroxyl groups excluding tert-OH is 1. The lowest BCUT2D eigenvalue weighted by molar-refractivity contribution is 0.181. The Labute approximate surface area is 108 Å². The van der Waals surface area contributed by atoms with Crippen molar-refractivity contribution in [2.45, 2.75) is 32.4 Å². The number of aryl methyl sites for hydroxylation is 1. The fourth-order valence-corrected chi connectivity index (χ4v) is 1.95. The molecule has 0 saturated carbocycles. The SMILES string of the molecule is CCc1ccc(C(O)CNC2=NCC(C)N2)cc1. The van der Waals surface area contributed by atoms with Crippen LogP contribution in [0.15, 0.2) is 29.3 Å². The second kappa shape index (κ2) is 5.87. The molecule has 1 heterocycles. The first kappa shape index (κ1) is 12.9. The van der Waals surface area contributed by atoms with Crippen LogP contribution in [0.25, 0.3) is 0 Å². The maximum Gasteiger partial charge on any atom is 0.191 e. The van der Waals surface area contributed by atoms with Gasteiger partial charge in [-0.05, 0) is 24.5 Å². The molecule has 1 aliphatic heterocycles. The van der Waals surface area contributed by atoms with E-state index < -0.39 is 6.10 Å². The van der Waals surface area contributed by atoms with Crippen molar-refractivity contribution in [3.8, 4) is 0 Å². The first-order valence-corrected chi connectivity index (χ1v) is 6.50. The Morgan fingerprint density at radius 2 is 2.17 bits per heavy atom. The third-order valence-electron chi connectivity index (χ3n) is 3.14. The van der Waals surface area contributed by atoms with Crippen molar-refractivity contribution >= 4 is 5.96 Å². The highest BCUT2D eigenvalue weighted by Crippen LogP contribution is 2.13. The van der Waals surface area contributed by atoms with E-state index in [4.69, 9.17) is 0 Å². The van der Waals surface area contributed by atoms with E-state index >= 15 is 0 Å². The van der Waals surface area contributed by atoms with Crippen molar-refractivity contribution in [1.29, 1.82) is 0 Å². The van der Waals surface area contributed by atoms with Gasteiger partial charge in [-0.1, -0.05) is 31.2 Å². The maximum absolute atomic E-state index is 10.1. The van der Waals surface area contributed by atoms with Gasteiger partial charge in [0.1, 0.15) is 0 Å². The summed E-state index contributed by atoms with van der Waals surface area (Å²) in [6, 6.07) is 8.47. The molecule has 0 aliphatic carbocycles. The summed E-state index contributed by atoms with van der Waals surface area (Å²) in [6.07, 6.45) is 0.518. The molecule has 0 aromatic heterocycles. The first-order valence-electron chi connectivity index (χ1n) is 6.50. The fourth-order valence-electron chi connectivity index (χ4n) is 1.95. The zero-order chi connectivity index (χ0) is 13.0. The molecule has 0 radical (unpaired) electrons. The van der Waals surface area contributed by atoms with E-state index in [-0.39, 0.29) is 0 Å². The summed E-state index contributed by atoms with van der Waals surface area (Å²) >= 11 is 0. The van der Waals surface area contributed by atoms with E-state index in [1.165, 1.54) is 5.56 Å². The molecule has 0 spiro atoms. The van der Waals surface area contributed by atoms with Crippen LogP contribution in [0, 0.1) is 0 Å². The topological polar surface area (TPSA) is 56.6 Å². The van der Waals surface area contributed by atoms with Crippen molar-refractivity contribution in [1.82, 2.24) is 10.6 Å². The fraction of sp³-hybridized carbons (Fsp3) is 0.500. The minimum absolute atomic E-state index is 0.383. The van der Waals surface area contributed by atoms with Crippen LogP contribution in [0.3, 0.4) is 0 Å². The van der Waals surface area contributed by atoms with Gasteiger partial charge in [0.05, 0.1) is 12.6 Å². The van der Waals surface area contributed by atoms with Crippen molar-refractivity contribution in [3.05, 3.63) is 35.4 Å². The lowest BCUT2D eigenvalue weighted by Crippen LogP contribution is -2.39. The number of nitrogens with one attached hydrogen (secondary N) is 2. The van der Waals surface area contributed by atoms with E-state index in [1.807, 2.05) is 12.1 Å². The molecule has 0 saturated heterocycles. The molecule has 0 bridgehead atoms. The van der Waals surface area contributed by atoms with Gasteiger partial charge in [0, 0.05) is 12.6 Å². The number of guanidine groups is 1. The summed E-state index contributed by atoms with van der Waals surface area (Å²) in [4.78, 5) is 4.29. The smallest absolute Gasteiger partial charge is 0.191 e. The third kappa shape index (κ3) is 3.23. The molecule has 18 heavy (non-hydrogen) atoms. The molecule has 4 nitrogen and oxygen atoms in total. The lowest BCUT2D eigenvalue weighted by atomic mass is 10.1. The molecular weight excluding hydrogens is 226 g/mol. The van der Waals surface area contributed by atoms with Gasteiger partial charge in [-0.3, -0.25) is 4.99 Å². The average molecular weight is 247 g/mol. The minimum atomic E-state index is -0.503. The van der Waals surface area contributed by atoms with Gasteiger partial charge in [0.15, 0.2) is 5.96 Å². The van der Waals surface area contributed by atoms with E-state index in [0.29, 0.717) is 12.6 Å². The minimum Gasteiger partial charge on any atom is -0.387 e. The first-order chi connectivity index (χ1) is 8.69. The number of hydrogen-bond donors (Lipinski definition) is 3. The van der Waals surface area contributed by atoms with Crippen LogP contribution in [0.1, 0.15) is 31.1 Å². The zero-order valence-electron chi connectivity index (χ0n) is 11.0.